The monoisotopic (exact) mass is 380 g/mol. The first-order valence-electron chi connectivity index (χ1n) is 8.80. The van der Waals surface area contributed by atoms with Gasteiger partial charge in [-0.25, -0.2) is 4.39 Å². The number of pyridine rings is 1. The lowest BCUT2D eigenvalue weighted by Gasteiger charge is -2.13. The van der Waals surface area contributed by atoms with E-state index in [0.717, 1.165) is 11.1 Å². The van der Waals surface area contributed by atoms with Crippen molar-refractivity contribution in [3.8, 4) is 17.0 Å². The predicted molar refractivity (Wildman–Crippen MR) is 106 cm³/mol. The number of aryl methyl sites for hydroxylation is 2. The standard InChI is InChI=1S/C22H21FN2O3/c1-13-4-6-15(7-5-13)12-24-21(27)18-11-19(25(3)22(28)20(18)26)16-8-14(2)9-17(23)10-16/h4-11,26H,12H2,1-3H3,(H,24,27). The number of aromatic nitrogens is 1. The summed E-state index contributed by atoms with van der Waals surface area (Å²) >= 11 is 0. The summed E-state index contributed by atoms with van der Waals surface area (Å²) in [6.07, 6.45) is 0. The van der Waals surface area contributed by atoms with E-state index in [1.54, 1.807) is 13.0 Å². The smallest absolute Gasteiger partial charge is 0.293 e. The van der Waals surface area contributed by atoms with Gasteiger partial charge in [0, 0.05) is 19.2 Å². The number of rotatable bonds is 4. The highest BCUT2D eigenvalue weighted by Crippen LogP contribution is 2.24. The van der Waals surface area contributed by atoms with Crippen LogP contribution in [0.25, 0.3) is 11.3 Å². The van der Waals surface area contributed by atoms with Crippen LogP contribution in [0.4, 0.5) is 4.39 Å². The van der Waals surface area contributed by atoms with Crippen LogP contribution in [-0.4, -0.2) is 15.6 Å². The number of nitrogens with one attached hydrogen (secondary N) is 1. The van der Waals surface area contributed by atoms with Gasteiger partial charge in [0.25, 0.3) is 11.5 Å². The maximum absolute atomic E-state index is 13.8. The Bertz CT molecular complexity index is 1080. The second-order valence-electron chi connectivity index (χ2n) is 6.84. The maximum atomic E-state index is 13.8. The van der Waals surface area contributed by atoms with Crippen molar-refractivity contribution in [1.82, 2.24) is 9.88 Å². The Morgan fingerprint density at radius 2 is 1.75 bits per heavy atom. The molecule has 0 radical (unpaired) electrons. The molecule has 0 unspecified atom stereocenters. The number of amides is 1. The molecule has 0 saturated heterocycles. The van der Waals surface area contributed by atoms with Crippen molar-refractivity contribution in [3.63, 3.8) is 0 Å². The van der Waals surface area contributed by atoms with Gasteiger partial charge < -0.3 is 15.0 Å². The van der Waals surface area contributed by atoms with Crippen molar-refractivity contribution in [2.75, 3.05) is 0 Å². The molecule has 0 spiro atoms. The highest BCUT2D eigenvalue weighted by molar-refractivity contribution is 5.97. The Balaban J connectivity index is 1.96. The number of nitrogens with zero attached hydrogens (tertiary/aromatic N) is 1. The summed E-state index contributed by atoms with van der Waals surface area (Å²) < 4.78 is 15.0. The van der Waals surface area contributed by atoms with E-state index in [2.05, 4.69) is 5.32 Å². The molecular formula is C22H21FN2O3. The lowest BCUT2D eigenvalue weighted by molar-refractivity contribution is 0.0948. The van der Waals surface area contributed by atoms with E-state index in [-0.39, 0.29) is 12.1 Å². The summed E-state index contributed by atoms with van der Waals surface area (Å²) in [5, 5.41) is 12.9. The zero-order chi connectivity index (χ0) is 20.4. The molecule has 28 heavy (non-hydrogen) atoms. The Morgan fingerprint density at radius 1 is 1.07 bits per heavy atom. The van der Waals surface area contributed by atoms with Crippen molar-refractivity contribution in [2.45, 2.75) is 20.4 Å². The topological polar surface area (TPSA) is 71.3 Å². The van der Waals surface area contributed by atoms with Crippen LogP contribution in [0.1, 0.15) is 27.0 Å². The van der Waals surface area contributed by atoms with Crippen LogP contribution in [0.3, 0.4) is 0 Å². The average molecular weight is 380 g/mol. The third-order valence-corrected chi connectivity index (χ3v) is 4.56. The van der Waals surface area contributed by atoms with E-state index < -0.39 is 23.0 Å². The molecule has 0 aliphatic rings. The largest absolute Gasteiger partial charge is 0.502 e. The van der Waals surface area contributed by atoms with Crippen molar-refractivity contribution < 1.29 is 14.3 Å². The van der Waals surface area contributed by atoms with Crippen LogP contribution in [0, 0.1) is 19.7 Å². The number of aromatic hydroxyl groups is 1. The summed E-state index contributed by atoms with van der Waals surface area (Å²) in [4.78, 5) is 25.0. The Hall–Kier alpha value is -3.41. The SMILES string of the molecule is Cc1ccc(CNC(=O)c2cc(-c3cc(C)cc(F)c3)n(C)c(=O)c2O)cc1. The Kier molecular flexibility index (Phi) is 5.31. The predicted octanol–water partition coefficient (Wildman–Crippen LogP) is 3.44. The van der Waals surface area contributed by atoms with Gasteiger partial charge in [0.15, 0.2) is 5.75 Å². The van der Waals surface area contributed by atoms with Gasteiger partial charge in [0.1, 0.15) is 5.82 Å². The Morgan fingerprint density at radius 3 is 2.39 bits per heavy atom. The first-order valence-corrected chi connectivity index (χ1v) is 8.80. The quantitative estimate of drug-likeness (QED) is 0.728. The molecule has 0 saturated carbocycles. The number of halogens is 1. The molecule has 1 amide bonds. The molecule has 144 valence electrons. The molecule has 0 bridgehead atoms. The number of hydrogen-bond donors (Lipinski definition) is 2. The molecule has 5 nitrogen and oxygen atoms in total. The lowest BCUT2D eigenvalue weighted by atomic mass is 10.0. The van der Waals surface area contributed by atoms with E-state index in [1.807, 2.05) is 31.2 Å². The van der Waals surface area contributed by atoms with Crippen LogP contribution in [0.2, 0.25) is 0 Å². The molecular weight excluding hydrogens is 359 g/mol. The molecule has 3 rings (SSSR count). The van der Waals surface area contributed by atoms with E-state index in [0.29, 0.717) is 16.8 Å². The number of hydrogen-bond acceptors (Lipinski definition) is 3. The third kappa shape index (κ3) is 3.96. The summed E-state index contributed by atoms with van der Waals surface area (Å²) in [6, 6.07) is 13.4. The van der Waals surface area contributed by atoms with Gasteiger partial charge in [0.2, 0.25) is 0 Å². The van der Waals surface area contributed by atoms with Crippen LogP contribution in [-0.2, 0) is 13.6 Å². The second-order valence-corrected chi connectivity index (χ2v) is 6.84. The first kappa shape index (κ1) is 19.4. The normalized spacial score (nSPS) is 10.7. The van der Waals surface area contributed by atoms with E-state index >= 15 is 0 Å². The molecule has 6 heteroatoms. The maximum Gasteiger partial charge on any atom is 0.293 e. The highest BCUT2D eigenvalue weighted by atomic mass is 19.1. The zero-order valence-corrected chi connectivity index (χ0v) is 15.9. The summed E-state index contributed by atoms with van der Waals surface area (Å²) in [7, 11) is 1.46. The van der Waals surface area contributed by atoms with Gasteiger partial charge >= 0.3 is 0 Å². The van der Waals surface area contributed by atoms with Gasteiger partial charge in [-0.05, 0) is 49.2 Å². The fourth-order valence-corrected chi connectivity index (χ4v) is 3.00. The molecule has 1 heterocycles. The molecule has 0 aliphatic carbocycles. The van der Waals surface area contributed by atoms with Crippen molar-refractivity contribution in [1.29, 1.82) is 0 Å². The Labute approximate surface area is 162 Å². The minimum atomic E-state index is -0.722. The summed E-state index contributed by atoms with van der Waals surface area (Å²) in [5.41, 5.74) is 2.60. The lowest BCUT2D eigenvalue weighted by Crippen LogP contribution is -2.27. The molecule has 2 N–H and O–H groups in total. The fraction of sp³-hybridized carbons (Fsp3) is 0.182. The molecule has 1 aromatic heterocycles. The molecule has 0 fully saturated rings. The summed E-state index contributed by atoms with van der Waals surface area (Å²) in [6.45, 7) is 3.96. The second kappa shape index (κ2) is 7.68. The van der Waals surface area contributed by atoms with E-state index in [1.165, 1.54) is 29.8 Å². The molecule has 0 atom stereocenters. The number of carbonyl (C=O) groups excluding carboxylic acids is 1. The molecule has 2 aromatic carbocycles. The zero-order valence-electron chi connectivity index (χ0n) is 15.9. The van der Waals surface area contributed by atoms with Crippen LogP contribution < -0.4 is 10.9 Å². The van der Waals surface area contributed by atoms with Gasteiger partial charge in [-0.3, -0.25) is 9.59 Å². The van der Waals surface area contributed by atoms with Crippen LogP contribution in [0.5, 0.6) is 5.75 Å². The fourth-order valence-electron chi connectivity index (χ4n) is 3.00. The van der Waals surface area contributed by atoms with Gasteiger partial charge in [-0.1, -0.05) is 29.8 Å². The van der Waals surface area contributed by atoms with Gasteiger partial charge in [0.05, 0.1) is 11.3 Å². The molecule has 0 aliphatic heterocycles. The minimum absolute atomic E-state index is 0.146. The van der Waals surface area contributed by atoms with E-state index in [4.69, 9.17) is 0 Å². The highest BCUT2D eigenvalue weighted by Gasteiger charge is 2.19. The van der Waals surface area contributed by atoms with Crippen molar-refractivity contribution in [3.05, 3.63) is 87.0 Å². The van der Waals surface area contributed by atoms with Crippen molar-refractivity contribution in [2.24, 2.45) is 7.05 Å². The average Bonchev–Trinajstić information content (AvgIpc) is 2.65. The van der Waals surface area contributed by atoms with Crippen LogP contribution >= 0.6 is 0 Å². The van der Waals surface area contributed by atoms with Crippen molar-refractivity contribution >= 4 is 5.91 Å². The van der Waals surface area contributed by atoms with Crippen LogP contribution in [0.15, 0.2) is 53.3 Å². The summed E-state index contributed by atoms with van der Waals surface area (Å²) in [5.74, 6) is -1.66. The van der Waals surface area contributed by atoms with E-state index in [9.17, 15) is 19.1 Å². The number of benzene rings is 2. The number of carbonyl (C=O) groups is 1. The third-order valence-electron chi connectivity index (χ3n) is 4.56. The van der Waals surface area contributed by atoms with Gasteiger partial charge in [-0.2, -0.15) is 0 Å². The first-order chi connectivity index (χ1) is 13.3. The minimum Gasteiger partial charge on any atom is -0.502 e. The van der Waals surface area contributed by atoms with Gasteiger partial charge in [-0.15, -0.1) is 0 Å². The molecule has 3 aromatic rings.